The molecule has 1 aromatic rings. The highest BCUT2D eigenvalue weighted by Gasteiger charge is 2.77. The number of esters is 1. The molecular formula is C39H54BrN3O7. The molecule has 4 aliphatic rings. The number of likely N-dealkylation sites (tertiary alicyclic amines) is 1. The molecule has 2 bridgehead atoms. The fourth-order valence-electron chi connectivity index (χ4n) is 8.71. The third-order valence-corrected chi connectivity index (χ3v) is 11.9. The van der Waals surface area contributed by atoms with Crippen LogP contribution in [0, 0.1) is 11.8 Å². The van der Waals surface area contributed by atoms with E-state index in [0.29, 0.717) is 38.8 Å². The molecule has 3 amide bonds. The van der Waals surface area contributed by atoms with E-state index in [4.69, 9.17) is 9.47 Å². The normalized spacial score (nSPS) is 28.5. The summed E-state index contributed by atoms with van der Waals surface area (Å²) in [5.74, 6) is -2.97. The number of aliphatic hydroxyl groups excluding tert-OH is 1. The fraction of sp³-hybridized carbons (Fsp3) is 0.641. The van der Waals surface area contributed by atoms with Crippen LogP contribution < -0.4 is 5.32 Å². The van der Waals surface area contributed by atoms with Crippen LogP contribution in [-0.4, -0.2) is 93.0 Å². The Morgan fingerprint density at radius 2 is 1.84 bits per heavy atom. The number of carbonyl (C=O) groups excluding carboxylic acids is 4. The number of fused-ring (bicyclic) bond motifs is 1. The van der Waals surface area contributed by atoms with E-state index in [-0.39, 0.29) is 41.6 Å². The Bertz CT molecular complexity index is 1370. The number of unbranched alkanes of at least 4 members (excludes halogenated alkanes) is 3. The molecule has 1 saturated carbocycles. The molecule has 4 fully saturated rings. The molecular weight excluding hydrogens is 702 g/mol. The predicted octanol–water partition coefficient (Wildman–Crippen LogP) is 5.39. The van der Waals surface area contributed by atoms with Gasteiger partial charge in [0.05, 0.1) is 24.0 Å². The quantitative estimate of drug-likeness (QED) is 0.0892. The van der Waals surface area contributed by atoms with Crippen molar-refractivity contribution in [2.75, 3.05) is 19.7 Å². The van der Waals surface area contributed by atoms with Gasteiger partial charge in [0.2, 0.25) is 17.7 Å². The van der Waals surface area contributed by atoms with Gasteiger partial charge in [0.25, 0.3) is 0 Å². The monoisotopic (exact) mass is 755 g/mol. The minimum Gasteiger partial charge on any atom is -0.455 e. The summed E-state index contributed by atoms with van der Waals surface area (Å²) in [6.07, 6.45) is 11.2. The van der Waals surface area contributed by atoms with Crippen LogP contribution in [-0.2, 0) is 28.7 Å². The van der Waals surface area contributed by atoms with Gasteiger partial charge in [-0.15, -0.1) is 13.2 Å². The van der Waals surface area contributed by atoms with E-state index in [9.17, 15) is 24.3 Å². The molecule has 0 radical (unpaired) electrons. The second kappa shape index (κ2) is 17.5. The molecule has 3 saturated heterocycles. The van der Waals surface area contributed by atoms with Crippen molar-refractivity contribution >= 4 is 39.6 Å². The van der Waals surface area contributed by atoms with Gasteiger partial charge in [0.15, 0.2) is 0 Å². The van der Waals surface area contributed by atoms with Crippen molar-refractivity contribution in [1.29, 1.82) is 0 Å². The Morgan fingerprint density at radius 3 is 2.52 bits per heavy atom. The van der Waals surface area contributed by atoms with Gasteiger partial charge in [0, 0.05) is 37.0 Å². The van der Waals surface area contributed by atoms with Crippen LogP contribution in [0.5, 0.6) is 0 Å². The van der Waals surface area contributed by atoms with E-state index in [2.05, 4.69) is 34.4 Å². The maximum absolute atomic E-state index is 14.9. The van der Waals surface area contributed by atoms with Crippen molar-refractivity contribution in [2.24, 2.45) is 11.8 Å². The van der Waals surface area contributed by atoms with Crippen LogP contribution in [0.15, 0.2) is 55.6 Å². The molecule has 274 valence electrons. The zero-order valence-electron chi connectivity index (χ0n) is 29.4. The molecule has 1 aromatic carbocycles. The van der Waals surface area contributed by atoms with Crippen molar-refractivity contribution in [1.82, 2.24) is 15.1 Å². The SMILES string of the molecule is C=CCCC(=O)N[C@@H](C)[C@H](OC(=O)[C@@H]1[C@H]2O[C@@]3(CC2Br)[C@H](C(=O)N(CC=C)C2CCCCC2)N(CCCCCCO)C(=O)[C@@H]13)c1ccccc1. The molecule has 5 rings (SSSR count). The zero-order valence-corrected chi connectivity index (χ0v) is 30.9. The third kappa shape index (κ3) is 7.89. The van der Waals surface area contributed by atoms with E-state index in [1.807, 2.05) is 35.2 Å². The Labute approximate surface area is 305 Å². The van der Waals surface area contributed by atoms with Gasteiger partial charge in [-0.25, -0.2) is 0 Å². The lowest BCUT2D eigenvalue weighted by atomic mass is 9.70. The average molecular weight is 757 g/mol. The van der Waals surface area contributed by atoms with E-state index in [1.165, 1.54) is 0 Å². The Hall–Kier alpha value is -3.02. The Kier molecular flexibility index (Phi) is 13.4. The van der Waals surface area contributed by atoms with Crippen molar-refractivity contribution in [2.45, 2.75) is 125 Å². The number of allylic oxidation sites excluding steroid dienone is 1. The molecule has 8 atom stereocenters. The maximum atomic E-state index is 14.9. The summed E-state index contributed by atoms with van der Waals surface area (Å²) in [7, 11) is 0. The van der Waals surface area contributed by atoms with Crippen molar-refractivity contribution < 1.29 is 33.8 Å². The zero-order chi connectivity index (χ0) is 35.8. The summed E-state index contributed by atoms with van der Waals surface area (Å²) >= 11 is 3.78. The molecule has 2 N–H and O–H groups in total. The highest BCUT2D eigenvalue weighted by atomic mass is 79.9. The minimum atomic E-state index is -1.19. The molecule has 1 aliphatic carbocycles. The number of carbonyl (C=O) groups is 4. The summed E-state index contributed by atoms with van der Waals surface area (Å²) in [6.45, 7) is 10.3. The summed E-state index contributed by atoms with van der Waals surface area (Å²) in [5.41, 5.74) is -0.475. The standard InChI is InChI=1S/C39H54BrN3O7/c1-4-6-21-30(45)41-26(3)33(27-17-11-9-12-18-27)49-38(48)31-32-36(46)43(23-15-7-8-16-24-44)35(39(32)25-29(40)34(31)50-39)37(47)42(22-5-2)28-19-13-10-14-20-28/h4-5,9,11-12,17-18,26,28-29,31-35,44H,1-2,6-8,10,13-16,19-25H2,3H3,(H,41,45)/t26-,29?,31-,32+,33-,34-,35-,39+/m0/s1. The third-order valence-electron chi connectivity index (χ3n) is 11.0. The lowest BCUT2D eigenvalue weighted by Gasteiger charge is -2.41. The molecule has 3 heterocycles. The predicted molar refractivity (Wildman–Crippen MR) is 194 cm³/mol. The first-order valence-electron chi connectivity index (χ1n) is 18.5. The van der Waals surface area contributed by atoms with E-state index < -0.39 is 47.7 Å². The van der Waals surface area contributed by atoms with Gasteiger partial charge < -0.3 is 29.7 Å². The van der Waals surface area contributed by atoms with E-state index >= 15 is 0 Å². The second-order valence-electron chi connectivity index (χ2n) is 14.4. The topological polar surface area (TPSA) is 125 Å². The lowest BCUT2D eigenvalue weighted by Crippen LogP contribution is -2.58. The number of hydrogen-bond donors (Lipinski definition) is 2. The van der Waals surface area contributed by atoms with Gasteiger partial charge in [-0.1, -0.05) is 90.5 Å². The van der Waals surface area contributed by atoms with Gasteiger partial charge >= 0.3 is 5.97 Å². The van der Waals surface area contributed by atoms with Crippen LogP contribution in [0.2, 0.25) is 0 Å². The highest BCUT2D eigenvalue weighted by Crippen LogP contribution is 2.60. The number of nitrogens with one attached hydrogen (secondary N) is 1. The Balaban J connectivity index is 1.46. The number of alkyl halides is 1. The first-order valence-corrected chi connectivity index (χ1v) is 19.4. The fourth-order valence-corrected chi connectivity index (χ4v) is 9.66. The minimum absolute atomic E-state index is 0.0557. The molecule has 11 heteroatoms. The average Bonchev–Trinajstić information content (AvgIpc) is 3.71. The molecule has 10 nitrogen and oxygen atoms in total. The number of rotatable bonds is 18. The van der Waals surface area contributed by atoms with E-state index in [0.717, 1.165) is 50.5 Å². The van der Waals surface area contributed by atoms with Crippen LogP contribution >= 0.6 is 15.9 Å². The number of ether oxygens (including phenoxy) is 2. The number of hydrogen-bond acceptors (Lipinski definition) is 7. The second-order valence-corrected chi connectivity index (χ2v) is 15.5. The first-order chi connectivity index (χ1) is 24.2. The van der Waals surface area contributed by atoms with Crippen LogP contribution in [0.1, 0.15) is 95.6 Å². The summed E-state index contributed by atoms with van der Waals surface area (Å²) in [6, 6.07) is 7.89. The number of halogens is 1. The van der Waals surface area contributed by atoms with Gasteiger partial charge in [-0.2, -0.15) is 0 Å². The van der Waals surface area contributed by atoms with Crippen LogP contribution in [0.25, 0.3) is 0 Å². The van der Waals surface area contributed by atoms with Gasteiger partial charge in [0.1, 0.15) is 17.7 Å². The number of amides is 3. The summed E-state index contributed by atoms with van der Waals surface area (Å²) in [5, 5.41) is 12.3. The number of benzene rings is 1. The molecule has 1 spiro atoms. The van der Waals surface area contributed by atoms with Gasteiger partial charge in [-0.3, -0.25) is 19.2 Å². The maximum Gasteiger partial charge on any atom is 0.313 e. The van der Waals surface area contributed by atoms with Gasteiger partial charge in [-0.05, 0) is 51.0 Å². The number of nitrogens with zero attached hydrogens (tertiary/aromatic N) is 2. The molecule has 1 unspecified atom stereocenters. The van der Waals surface area contributed by atoms with Crippen LogP contribution in [0.4, 0.5) is 0 Å². The highest BCUT2D eigenvalue weighted by molar-refractivity contribution is 9.09. The molecule has 3 aliphatic heterocycles. The summed E-state index contributed by atoms with van der Waals surface area (Å²) < 4.78 is 13.1. The van der Waals surface area contributed by atoms with Crippen molar-refractivity contribution in [3.8, 4) is 0 Å². The largest absolute Gasteiger partial charge is 0.455 e. The van der Waals surface area contributed by atoms with E-state index in [1.54, 1.807) is 24.0 Å². The van der Waals surface area contributed by atoms with Crippen LogP contribution in [0.3, 0.4) is 0 Å². The lowest BCUT2D eigenvalue weighted by molar-refractivity contribution is -0.162. The Morgan fingerprint density at radius 1 is 1.12 bits per heavy atom. The number of aliphatic hydroxyl groups is 1. The summed E-state index contributed by atoms with van der Waals surface area (Å²) in [4.78, 5) is 60.0. The van der Waals surface area contributed by atoms with Crippen molar-refractivity contribution in [3.05, 3.63) is 61.2 Å². The molecule has 50 heavy (non-hydrogen) atoms. The van der Waals surface area contributed by atoms with Crippen molar-refractivity contribution in [3.63, 3.8) is 0 Å². The first kappa shape index (κ1) is 38.2. The smallest absolute Gasteiger partial charge is 0.313 e. The molecule has 0 aromatic heterocycles.